The van der Waals surface area contributed by atoms with Crippen LogP contribution in [-0.4, -0.2) is 19.1 Å². The van der Waals surface area contributed by atoms with Crippen LogP contribution in [0.1, 0.15) is 18.1 Å². The molecule has 4 rings (SSSR count). The van der Waals surface area contributed by atoms with Gasteiger partial charge in [-0.15, -0.1) is 0 Å². The van der Waals surface area contributed by atoms with Crippen molar-refractivity contribution in [3.8, 4) is 11.5 Å². The molecule has 0 bridgehead atoms. The van der Waals surface area contributed by atoms with E-state index >= 15 is 0 Å². The van der Waals surface area contributed by atoms with Crippen LogP contribution >= 0.6 is 0 Å². The standard InChI is InChI=1S/C22H21NO3/c1-14(26-20-9-4-3-8-19(20)25-2)22(24)23-18-13-12-16-11-10-15-6-5-7-17(18)21(15)16/h3-9,12-14H,10-11H2,1-2H3,(H,23,24)/t14-/m0/s1. The van der Waals surface area contributed by atoms with Gasteiger partial charge in [-0.3, -0.25) is 4.79 Å². The number of rotatable bonds is 5. The number of para-hydroxylation sites is 2. The largest absolute Gasteiger partial charge is 0.493 e. The molecule has 1 aliphatic rings. The van der Waals surface area contributed by atoms with Gasteiger partial charge in [0, 0.05) is 11.1 Å². The van der Waals surface area contributed by atoms with Gasteiger partial charge in [-0.1, -0.05) is 36.4 Å². The zero-order chi connectivity index (χ0) is 18.1. The molecule has 3 aromatic rings. The highest BCUT2D eigenvalue weighted by molar-refractivity contribution is 6.06. The Labute approximate surface area is 152 Å². The lowest BCUT2D eigenvalue weighted by Gasteiger charge is -2.17. The summed E-state index contributed by atoms with van der Waals surface area (Å²) >= 11 is 0. The number of benzene rings is 3. The van der Waals surface area contributed by atoms with Crippen molar-refractivity contribution in [3.63, 3.8) is 0 Å². The number of carbonyl (C=O) groups is 1. The molecule has 1 amide bonds. The van der Waals surface area contributed by atoms with Crippen molar-refractivity contribution < 1.29 is 14.3 Å². The second-order valence-corrected chi connectivity index (χ2v) is 6.51. The third kappa shape index (κ3) is 2.88. The summed E-state index contributed by atoms with van der Waals surface area (Å²) in [5.74, 6) is 0.977. The summed E-state index contributed by atoms with van der Waals surface area (Å²) in [6.07, 6.45) is 1.49. The van der Waals surface area contributed by atoms with E-state index in [0.717, 1.165) is 23.9 Å². The van der Waals surface area contributed by atoms with Gasteiger partial charge in [0.25, 0.3) is 5.91 Å². The van der Waals surface area contributed by atoms with E-state index in [0.29, 0.717) is 11.5 Å². The lowest BCUT2D eigenvalue weighted by atomic mass is 10.0. The van der Waals surface area contributed by atoms with Gasteiger partial charge >= 0.3 is 0 Å². The zero-order valence-electron chi connectivity index (χ0n) is 14.9. The summed E-state index contributed by atoms with van der Waals surface area (Å²) in [4.78, 5) is 12.7. The highest BCUT2D eigenvalue weighted by Crippen LogP contribution is 2.35. The summed E-state index contributed by atoms with van der Waals surface area (Å²) in [5.41, 5.74) is 3.53. The molecule has 0 heterocycles. The van der Waals surface area contributed by atoms with E-state index < -0.39 is 6.10 Å². The molecule has 0 radical (unpaired) electrons. The Hall–Kier alpha value is -3.01. The SMILES string of the molecule is COc1ccccc1O[C@@H](C)C(=O)Nc1ccc2c3c(cccc13)CC2. The number of aryl methyl sites for hydroxylation is 2. The van der Waals surface area contributed by atoms with Crippen LogP contribution in [0.5, 0.6) is 11.5 Å². The number of hydrogen-bond donors (Lipinski definition) is 1. The van der Waals surface area contributed by atoms with Gasteiger partial charge in [0.15, 0.2) is 17.6 Å². The number of anilines is 1. The fourth-order valence-electron chi connectivity index (χ4n) is 3.55. The molecule has 0 aromatic heterocycles. The highest BCUT2D eigenvalue weighted by atomic mass is 16.5. The van der Waals surface area contributed by atoms with Gasteiger partial charge in [-0.2, -0.15) is 0 Å². The van der Waals surface area contributed by atoms with Crippen molar-refractivity contribution in [1.29, 1.82) is 0 Å². The van der Waals surface area contributed by atoms with Crippen molar-refractivity contribution >= 4 is 22.4 Å². The minimum atomic E-state index is -0.644. The Morgan fingerprint density at radius 1 is 0.962 bits per heavy atom. The van der Waals surface area contributed by atoms with Crippen LogP contribution in [-0.2, 0) is 17.6 Å². The van der Waals surface area contributed by atoms with Gasteiger partial charge in [0.1, 0.15) is 0 Å². The third-order valence-electron chi connectivity index (χ3n) is 4.88. The van der Waals surface area contributed by atoms with Crippen LogP contribution < -0.4 is 14.8 Å². The molecule has 4 nitrogen and oxygen atoms in total. The number of methoxy groups -OCH3 is 1. The van der Waals surface area contributed by atoms with Crippen LogP contribution in [0.15, 0.2) is 54.6 Å². The molecule has 0 spiro atoms. The van der Waals surface area contributed by atoms with Crippen LogP contribution in [0.4, 0.5) is 5.69 Å². The van der Waals surface area contributed by atoms with Gasteiger partial charge in [0.05, 0.1) is 7.11 Å². The van der Waals surface area contributed by atoms with Crippen LogP contribution in [0, 0.1) is 0 Å². The second-order valence-electron chi connectivity index (χ2n) is 6.51. The first-order valence-corrected chi connectivity index (χ1v) is 8.81. The zero-order valence-corrected chi connectivity index (χ0v) is 14.9. The second kappa shape index (κ2) is 6.71. The molecular formula is C22H21NO3. The summed E-state index contributed by atoms with van der Waals surface area (Å²) in [5, 5.41) is 5.39. The maximum Gasteiger partial charge on any atom is 0.265 e. The molecule has 0 fully saturated rings. The predicted octanol–water partition coefficient (Wildman–Crippen LogP) is 4.35. The van der Waals surface area contributed by atoms with Gasteiger partial charge in [-0.05, 0) is 54.5 Å². The molecule has 0 saturated carbocycles. The average Bonchev–Trinajstić information content (AvgIpc) is 3.09. The monoisotopic (exact) mass is 347 g/mol. The molecule has 1 N–H and O–H groups in total. The average molecular weight is 347 g/mol. The molecular weight excluding hydrogens is 326 g/mol. The maximum atomic E-state index is 12.7. The lowest BCUT2D eigenvalue weighted by molar-refractivity contribution is -0.122. The van der Waals surface area contributed by atoms with Gasteiger partial charge < -0.3 is 14.8 Å². The quantitative estimate of drug-likeness (QED) is 0.746. The van der Waals surface area contributed by atoms with E-state index in [1.54, 1.807) is 20.1 Å². The van der Waals surface area contributed by atoms with Crippen LogP contribution in [0.3, 0.4) is 0 Å². The van der Waals surface area contributed by atoms with Gasteiger partial charge in [0.2, 0.25) is 0 Å². The van der Waals surface area contributed by atoms with Crippen LogP contribution in [0.25, 0.3) is 10.8 Å². The van der Waals surface area contributed by atoms with Crippen molar-refractivity contribution in [2.75, 3.05) is 12.4 Å². The Bertz CT molecular complexity index is 970. The first-order chi connectivity index (χ1) is 12.7. The fourth-order valence-corrected chi connectivity index (χ4v) is 3.55. The minimum Gasteiger partial charge on any atom is -0.493 e. The van der Waals surface area contributed by atoms with Crippen molar-refractivity contribution in [1.82, 2.24) is 0 Å². The van der Waals surface area contributed by atoms with Gasteiger partial charge in [-0.25, -0.2) is 0 Å². The van der Waals surface area contributed by atoms with Crippen LogP contribution in [0.2, 0.25) is 0 Å². The molecule has 132 valence electrons. The van der Waals surface area contributed by atoms with E-state index in [9.17, 15) is 4.79 Å². The normalized spacial score (nSPS) is 13.5. The Morgan fingerprint density at radius 2 is 1.69 bits per heavy atom. The van der Waals surface area contributed by atoms with Crippen molar-refractivity contribution in [2.45, 2.75) is 25.9 Å². The predicted molar refractivity (Wildman–Crippen MR) is 103 cm³/mol. The maximum absolute atomic E-state index is 12.7. The number of carbonyl (C=O) groups excluding carboxylic acids is 1. The molecule has 0 saturated heterocycles. The summed E-state index contributed by atoms with van der Waals surface area (Å²) in [6, 6.07) is 17.7. The Balaban J connectivity index is 1.56. The molecule has 0 unspecified atom stereocenters. The van der Waals surface area contributed by atoms with E-state index in [4.69, 9.17) is 9.47 Å². The molecule has 0 aliphatic heterocycles. The summed E-state index contributed by atoms with van der Waals surface area (Å²) in [7, 11) is 1.58. The lowest BCUT2D eigenvalue weighted by Crippen LogP contribution is -2.30. The highest BCUT2D eigenvalue weighted by Gasteiger charge is 2.20. The summed E-state index contributed by atoms with van der Waals surface area (Å²) in [6.45, 7) is 1.74. The van der Waals surface area contributed by atoms with E-state index in [2.05, 4.69) is 29.6 Å². The molecule has 4 heteroatoms. The van der Waals surface area contributed by atoms with E-state index in [1.165, 1.54) is 16.5 Å². The number of ether oxygens (including phenoxy) is 2. The third-order valence-corrected chi connectivity index (χ3v) is 4.88. The Morgan fingerprint density at radius 3 is 2.46 bits per heavy atom. The summed E-state index contributed by atoms with van der Waals surface area (Å²) < 4.78 is 11.1. The van der Waals surface area contributed by atoms with Crippen molar-refractivity contribution in [2.24, 2.45) is 0 Å². The minimum absolute atomic E-state index is 0.186. The van der Waals surface area contributed by atoms with E-state index in [1.807, 2.05) is 24.3 Å². The smallest absolute Gasteiger partial charge is 0.265 e. The first kappa shape index (κ1) is 16.5. The number of nitrogens with one attached hydrogen (secondary N) is 1. The Kier molecular flexibility index (Phi) is 4.25. The molecule has 1 atom stereocenters. The molecule has 1 aliphatic carbocycles. The topological polar surface area (TPSA) is 47.6 Å². The molecule has 3 aromatic carbocycles. The van der Waals surface area contributed by atoms with E-state index in [-0.39, 0.29) is 5.91 Å². The number of amides is 1. The first-order valence-electron chi connectivity index (χ1n) is 8.81. The number of hydrogen-bond acceptors (Lipinski definition) is 3. The molecule has 26 heavy (non-hydrogen) atoms. The fraction of sp³-hybridized carbons (Fsp3) is 0.227. The van der Waals surface area contributed by atoms with Crippen molar-refractivity contribution in [3.05, 3.63) is 65.7 Å².